The van der Waals surface area contributed by atoms with Gasteiger partial charge in [0, 0.05) is 6.54 Å². The molecule has 0 aromatic heterocycles. The number of carbonyl (C=O) groups is 1. The summed E-state index contributed by atoms with van der Waals surface area (Å²) in [7, 11) is -3.67. The van der Waals surface area contributed by atoms with Crippen molar-refractivity contribution in [1.82, 2.24) is 4.90 Å². The van der Waals surface area contributed by atoms with Gasteiger partial charge in [-0.3, -0.25) is 4.55 Å². The van der Waals surface area contributed by atoms with Crippen LogP contribution in [0.5, 0.6) is 0 Å². The lowest BCUT2D eigenvalue weighted by molar-refractivity contribution is 0.00951. The van der Waals surface area contributed by atoms with Gasteiger partial charge in [0.15, 0.2) is 0 Å². The average Bonchev–Trinajstić information content (AvgIpc) is 2.45. The van der Waals surface area contributed by atoms with Crippen molar-refractivity contribution in [3.05, 3.63) is 35.9 Å². The number of rotatable bonds is 1. The van der Waals surface area contributed by atoms with Gasteiger partial charge >= 0.3 is 6.09 Å². The van der Waals surface area contributed by atoms with Crippen molar-refractivity contribution in [3.8, 4) is 0 Å². The number of benzene rings is 1. The lowest BCUT2D eigenvalue weighted by Gasteiger charge is -2.37. The van der Waals surface area contributed by atoms with Crippen LogP contribution in [0.4, 0.5) is 4.79 Å². The fourth-order valence-electron chi connectivity index (χ4n) is 2.49. The van der Waals surface area contributed by atoms with Gasteiger partial charge in [0.2, 0.25) is 0 Å². The summed E-state index contributed by atoms with van der Waals surface area (Å²) in [5.74, 6) is 0. The Morgan fingerprint density at radius 2 is 1.75 bits per heavy atom. The molecule has 0 aliphatic carbocycles. The van der Waals surface area contributed by atoms with E-state index in [0.29, 0.717) is 6.26 Å². The predicted molar refractivity (Wildman–Crippen MR) is 93.4 cm³/mol. The van der Waals surface area contributed by atoms with Crippen molar-refractivity contribution in [2.75, 3.05) is 12.8 Å². The van der Waals surface area contributed by atoms with E-state index in [1.807, 2.05) is 43.9 Å². The zero-order valence-corrected chi connectivity index (χ0v) is 15.5. The zero-order chi connectivity index (χ0) is 18.4. The second-order valence-electron chi connectivity index (χ2n) is 6.83. The van der Waals surface area contributed by atoms with Crippen molar-refractivity contribution in [2.45, 2.75) is 51.7 Å². The van der Waals surface area contributed by atoms with E-state index < -0.39 is 15.7 Å². The Morgan fingerprint density at radius 1 is 1.21 bits per heavy atom. The third-order valence-electron chi connectivity index (χ3n) is 3.32. The van der Waals surface area contributed by atoms with Crippen LogP contribution in [0.25, 0.3) is 0 Å². The SMILES string of the molecule is CC(C)(C)OC(=O)N1CCCCC1c1ccccc1.CS(=O)(=O)O. The molecule has 0 radical (unpaired) electrons. The maximum Gasteiger partial charge on any atom is 0.410 e. The molecular weight excluding hydrogens is 330 g/mol. The second-order valence-corrected chi connectivity index (χ2v) is 8.30. The average molecular weight is 357 g/mol. The van der Waals surface area contributed by atoms with Gasteiger partial charge < -0.3 is 9.64 Å². The highest BCUT2D eigenvalue weighted by Crippen LogP contribution is 2.31. The van der Waals surface area contributed by atoms with E-state index in [1.54, 1.807) is 0 Å². The molecule has 6 nitrogen and oxygen atoms in total. The molecule has 1 aromatic carbocycles. The molecule has 0 bridgehead atoms. The van der Waals surface area contributed by atoms with E-state index in [9.17, 15) is 13.2 Å². The summed E-state index contributed by atoms with van der Waals surface area (Å²) in [6, 6.07) is 10.4. The fraction of sp³-hybridized carbons (Fsp3) is 0.588. The Labute approximate surface area is 144 Å². The van der Waals surface area contributed by atoms with E-state index in [4.69, 9.17) is 9.29 Å². The molecule has 1 atom stereocenters. The smallest absolute Gasteiger partial charge is 0.410 e. The van der Waals surface area contributed by atoms with E-state index >= 15 is 0 Å². The van der Waals surface area contributed by atoms with Gasteiger partial charge in [0.25, 0.3) is 10.1 Å². The monoisotopic (exact) mass is 357 g/mol. The number of likely N-dealkylation sites (tertiary alicyclic amines) is 1. The zero-order valence-electron chi connectivity index (χ0n) is 14.7. The number of piperidine rings is 1. The van der Waals surface area contributed by atoms with Crippen LogP contribution in [0.2, 0.25) is 0 Å². The molecule has 1 heterocycles. The summed E-state index contributed by atoms with van der Waals surface area (Å²) in [6.45, 7) is 6.51. The van der Waals surface area contributed by atoms with Crippen LogP contribution in [0.15, 0.2) is 30.3 Å². The minimum Gasteiger partial charge on any atom is -0.444 e. The molecule has 1 amide bonds. The molecule has 7 heteroatoms. The fourth-order valence-corrected chi connectivity index (χ4v) is 2.49. The summed E-state index contributed by atoms with van der Waals surface area (Å²) in [5.41, 5.74) is 0.767. The summed E-state index contributed by atoms with van der Waals surface area (Å²) >= 11 is 0. The molecule has 2 rings (SSSR count). The van der Waals surface area contributed by atoms with Crippen LogP contribution >= 0.6 is 0 Å². The van der Waals surface area contributed by atoms with Gasteiger partial charge in [-0.05, 0) is 45.6 Å². The van der Waals surface area contributed by atoms with Gasteiger partial charge in [-0.2, -0.15) is 8.42 Å². The van der Waals surface area contributed by atoms with Gasteiger partial charge in [-0.15, -0.1) is 0 Å². The number of nitrogens with zero attached hydrogens (tertiary/aromatic N) is 1. The van der Waals surface area contributed by atoms with Crippen molar-refractivity contribution >= 4 is 16.2 Å². The van der Waals surface area contributed by atoms with Crippen molar-refractivity contribution < 1.29 is 22.5 Å². The molecule has 136 valence electrons. The first-order valence-electron chi connectivity index (χ1n) is 7.94. The van der Waals surface area contributed by atoms with Gasteiger partial charge in [0.05, 0.1) is 12.3 Å². The summed E-state index contributed by atoms with van der Waals surface area (Å²) < 4.78 is 31.4. The van der Waals surface area contributed by atoms with Crippen LogP contribution in [0.3, 0.4) is 0 Å². The number of hydrogen-bond donors (Lipinski definition) is 1. The van der Waals surface area contributed by atoms with Crippen LogP contribution in [-0.4, -0.2) is 42.4 Å². The number of ether oxygens (including phenoxy) is 1. The Bertz CT molecular complexity index is 614. The van der Waals surface area contributed by atoms with E-state index in [2.05, 4.69) is 12.1 Å². The standard InChI is InChI=1S/C16H23NO2.CH4O3S/c1-16(2,3)19-15(18)17-12-8-7-11-14(17)13-9-5-4-6-10-13;1-5(2,3)4/h4-6,9-10,14H,7-8,11-12H2,1-3H3;1H3,(H,2,3,4). The largest absolute Gasteiger partial charge is 0.444 e. The van der Waals surface area contributed by atoms with E-state index in [0.717, 1.165) is 19.4 Å². The highest BCUT2D eigenvalue weighted by Gasteiger charge is 2.31. The first kappa shape index (κ1) is 20.4. The Hall–Kier alpha value is -1.60. The maximum absolute atomic E-state index is 12.3. The van der Waals surface area contributed by atoms with Gasteiger partial charge in [0.1, 0.15) is 5.60 Å². The molecular formula is C17H27NO5S. The molecule has 24 heavy (non-hydrogen) atoms. The molecule has 1 aliphatic heterocycles. The van der Waals surface area contributed by atoms with Crippen LogP contribution < -0.4 is 0 Å². The molecule has 0 saturated carbocycles. The molecule has 0 spiro atoms. The van der Waals surface area contributed by atoms with E-state index in [-0.39, 0.29) is 12.1 Å². The minimum absolute atomic E-state index is 0.157. The first-order chi connectivity index (χ1) is 11.0. The summed E-state index contributed by atoms with van der Waals surface area (Å²) in [5, 5.41) is 0. The Morgan fingerprint density at radius 3 is 2.25 bits per heavy atom. The second kappa shape index (κ2) is 8.48. The highest BCUT2D eigenvalue weighted by molar-refractivity contribution is 7.85. The highest BCUT2D eigenvalue weighted by atomic mass is 32.2. The van der Waals surface area contributed by atoms with Crippen molar-refractivity contribution in [1.29, 1.82) is 0 Å². The predicted octanol–water partition coefficient (Wildman–Crippen LogP) is 3.65. The number of hydrogen-bond acceptors (Lipinski definition) is 4. The van der Waals surface area contributed by atoms with Gasteiger partial charge in [-0.25, -0.2) is 4.79 Å². The molecule has 1 aliphatic rings. The molecule has 1 N–H and O–H groups in total. The summed E-state index contributed by atoms with van der Waals surface area (Å²) in [6.07, 6.45) is 3.76. The third kappa shape index (κ3) is 8.31. The maximum atomic E-state index is 12.3. The molecule has 1 fully saturated rings. The molecule has 1 unspecified atom stereocenters. The summed E-state index contributed by atoms with van der Waals surface area (Å²) in [4.78, 5) is 14.2. The van der Waals surface area contributed by atoms with Crippen molar-refractivity contribution in [2.24, 2.45) is 0 Å². The van der Waals surface area contributed by atoms with Crippen molar-refractivity contribution in [3.63, 3.8) is 0 Å². The topological polar surface area (TPSA) is 83.9 Å². The van der Waals surface area contributed by atoms with Crippen LogP contribution in [0, 0.1) is 0 Å². The van der Waals surface area contributed by atoms with Crippen LogP contribution in [0.1, 0.15) is 51.6 Å². The third-order valence-corrected chi connectivity index (χ3v) is 3.32. The number of amides is 1. The molecule has 1 saturated heterocycles. The van der Waals surface area contributed by atoms with E-state index in [1.165, 1.54) is 12.0 Å². The molecule has 1 aromatic rings. The lowest BCUT2D eigenvalue weighted by Crippen LogP contribution is -2.41. The van der Waals surface area contributed by atoms with Gasteiger partial charge in [-0.1, -0.05) is 30.3 Å². The minimum atomic E-state index is -3.67. The Kier molecular flexibility index (Phi) is 7.23. The van der Waals surface area contributed by atoms with Crippen LogP contribution in [-0.2, 0) is 14.9 Å². The quantitative estimate of drug-likeness (QED) is 0.776. The Balaban J connectivity index is 0.000000505. The normalized spacial score (nSPS) is 18.4. The number of carbonyl (C=O) groups excluding carboxylic acids is 1. The lowest BCUT2D eigenvalue weighted by atomic mass is 9.96. The first-order valence-corrected chi connectivity index (χ1v) is 9.79.